The predicted molar refractivity (Wildman–Crippen MR) is 96.6 cm³/mol. The molecule has 1 aliphatic heterocycles. The third kappa shape index (κ3) is 3.00. The minimum atomic E-state index is -0.598. The van der Waals surface area contributed by atoms with Gasteiger partial charge in [0.1, 0.15) is 0 Å². The second kappa shape index (κ2) is 6.48. The SMILES string of the molecule is CN(C[C@H]1CCCO1)C(=O)C(=O)Nc1ccc2c3c(cccc13)CC2. The van der Waals surface area contributed by atoms with Crippen LogP contribution >= 0.6 is 0 Å². The van der Waals surface area contributed by atoms with E-state index in [1.807, 2.05) is 18.2 Å². The molecule has 0 bridgehead atoms. The van der Waals surface area contributed by atoms with E-state index in [9.17, 15) is 9.59 Å². The van der Waals surface area contributed by atoms with Crippen molar-refractivity contribution in [2.45, 2.75) is 31.8 Å². The molecule has 2 amide bonds. The van der Waals surface area contributed by atoms with Crippen molar-refractivity contribution in [3.05, 3.63) is 41.5 Å². The van der Waals surface area contributed by atoms with Gasteiger partial charge in [0.15, 0.2) is 0 Å². The summed E-state index contributed by atoms with van der Waals surface area (Å²) in [5, 5.41) is 5.03. The minimum absolute atomic E-state index is 0.0403. The van der Waals surface area contributed by atoms with E-state index in [-0.39, 0.29) is 6.10 Å². The standard InChI is InChI=1S/C20H22N2O3/c1-22(12-15-5-3-11-25-15)20(24)19(23)21-17-10-9-14-8-7-13-4-2-6-16(17)18(13)14/h2,4,6,9-10,15H,3,5,7-8,11-12H2,1H3,(H,21,23)/t15-/m1/s1. The van der Waals surface area contributed by atoms with Gasteiger partial charge in [-0.05, 0) is 48.3 Å². The third-order valence-corrected chi connectivity index (χ3v) is 5.17. The molecule has 1 N–H and O–H groups in total. The van der Waals surface area contributed by atoms with Gasteiger partial charge < -0.3 is 15.0 Å². The summed E-state index contributed by atoms with van der Waals surface area (Å²) in [4.78, 5) is 26.2. The number of benzene rings is 2. The molecule has 0 aromatic heterocycles. The quantitative estimate of drug-likeness (QED) is 0.875. The highest BCUT2D eigenvalue weighted by Gasteiger charge is 2.25. The monoisotopic (exact) mass is 338 g/mol. The van der Waals surface area contributed by atoms with Gasteiger partial charge in [0.2, 0.25) is 0 Å². The van der Waals surface area contributed by atoms with Crippen molar-refractivity contribution in [2.75, 3.05) is 25.5 Å². The van der Waals surface area contributed by atoms with Gasteiger partial charge in [-0.3, -0.25) is 9.59 Å². The summed E-state index contributed by atoms with van der Waals surface area (Å²) in [6.45, 7) is 1.19. The van der Waals surface area contributed by atoms with E-state index in [2.05, 4.69) is 17.4 Å². The van der Waals surface area contributed by atoms with Crippen molar-refractivity contribution in [1.82, 2.24) is 4.90 Å². The van der Waals surface area contributed by atoms with Gasteiger partial charge in [0.25, 0.3) is 0 Å². The molecule has 130 valence electrons. The van der Waals surface area contributed by atoms with Crippen molar-refractivity contribution >= 4 is 28.3 Å². The number of hydrogen-bond acceptors (Lipinski definition) is 3. The summed E-state index contributed by atoms with van der Waals surface area (Å²) in [6, 6.07) is 10.1. The highest BCUT2D eigenvalue weighted by atomic mass is 16.5. The number of hydrogen-bond donors (Lipinski definition) is 1. The van der Waals surface area contributed by atoms with Crippen LogP contribution < -0.4 is 5.32 Å². The number of amides is 2. The number of anilines is 1. The summed E-state index contributed by atoms with van der Waals surface area (Å²) in [7, 11) is 1.65. The van der Waals surface area contributed by atoms with Crippen LogP contribution in [0.4, 0.5) is 5.69 Å². The largest absolute Gasteiger partial charge is 0.376 e. The van der Waals surface area contributed by atoms with Gasteiger partial charge in [-0.25, -0.2) is 0 Å². The van der Waals surface area contributed by atoms with Crippen LogP contribution in [0.1, 0.15) is 24.0 Å². The number of ether oxygens (including phenoxy) is 1. The zero-order valence-corrected chi connectivity index (χ0v) is 14.4. The smallest absolute Gasteiger partial charge is 0.313 e. The molecule has 0 unspecified atom stereocenters. The number of carbonyl (C=O) groups is 2. The minimum Gasteiger partial charge on any atom is -0.376 e. The first kappa shape index (κ1) is 16.1. The van der Waals surface area contributed by atoms with Gasteiger partial charge in [-0.2, -0.15) is 0 Å². The maximum atomic E-state index is 12.4. The van der Waals surface area contributed by atoms with Crippen LogP contribution in [0.2, 0.25) is 0 Å². The number of nitrogens with one attached hydrogen (secondary N) is 1. The predicted octanol–water partition coefficient (Wildman–Crippen LogP) is 2.51. The molecule has 2 aliphatic rings. The van der Waals surface area contributed by atoms with E-state index in [0.29, 0.717) is 12.2 Å². The zero-order valence-electron chi connectivity index (χ0n) is 14.4. The molecule has 4 rings (SSSR count). The molecule has 25 heavy (non-hydrogen) atoms. The molecule has 1 atom stereocenters. The van der Waals surface area contributed by atoms with Crippen LogP contribution in [0, 0.1) is 0 Å². The first-order valence-corrected chi connectivity index (χ1v) is 8.85. The summed E-state index contributed by atoms with van der Waals surface area (Å²) >= 11 is 0. The second-order valence-corrected chi connectivity index (χ2v) is 6.89. The average molecular weight is 338 g/mol. The van der Waals surface area contributed by atoms with Crippen molar-refractivity contribution < 1.29 is 14.3 Å². The zero-order chi connectivity index (χ0) is 17.4. The van der Waals surface area contributed by atoms with Crippen molar-refractivity contribution in [3.8, 4) is 0 Å². The van der Waals surface area contributed by atoms with Crippen LogP contribution in [0.3, 0.4) is 0 Å². The summed E-state index contributed by atoms with van der Waals surface area (Å²) < 4.78 is 5.54. The molecule has 1 fully saturated rings. The molecule has 2 aromatic carbocycles. The number of aryl methyl sites for hydroxylation is 2. The van der Waals surface area contributed by atoms with E-state index in [1.54, 1.807) is 7.05 Å². The maximum Gasteiger partial charge on any atom is 0.313 e. The van der Waals surface area contributed by atoms with Crippen LogP contribution in [0.25, 0.3) is 10.8 Å². The fraction of sp³-hybridized carbons (Fsp3) is 0.400. The lowest BCUT2D eigenvalue weighted by Gasteiger charge is -2.20. The first-order valence-electron chi connectivity index (χ1n) is 8.85. The lowest BCUT2D eigenvalue weighted by Crippen LogP contribution is -2.40. The Hall–Kier alpha value is -2.40. The Morgan fingerprint density at radius 2 is 2.00 bits per heavy atom. The molecular weight excluding hydrogens is 316 g/mol. The van der Waals surface area contributed by atoms with Gasteiger partial charge in [0.05, 0.1) is 6.10 Å². The van der Waals surface area contributed by atoms with Gasteiger partial charge >= 0.3 is 11.8 Å². The lowest BCUT2D eigenvalue weighted by molar-refractivity contribution is -0.143. The molecule has 1 aliphatic carbocycles. The highest BCUT2D eigenvalue weighted by Crippen LogP contribution is 2.34. The van der Waals surface area contributed by atoms with Crippen LogP contribution in [0.15, 0.2) is 30.3 Å². The Kier molecular flexibility index (Phi) is 4.17. The molecular formula is C20H22N2O3. The Morgan fingerprint density at radius 3 is 2.76 bits per heavy atom. The van der Waals surface area contributed by atoms with Crippen LogP contribution in [-0.2, 0) is 27.2 Å². The molecule has 5 heteroatoms. The number of rotatable bonds is 3. The van der Waals surface area contributed by atoms with Crippen molar-refractivity contribution in [3.63, 3.8) is 0 Å². The second-order valence-electron chi connectivity index (χ2n) is 6.89. The van der Waals surface area contributed by atoms with E-state index in [4.69, 9.17) is 4.74 Å². The molecule has 0 spiro atoms. The Balaban J connectivity index is 1.51. The Morgan fingerprint density at radius 1 is 1.20 bits per heavy atom. The first-order chi connectivity index (χ1) is 12.1. The molecule has 0 radical (unpaired) electrons. The lowest BCUT2D eigenvalue weighted by atomic mass is 10.0. The number of nitrogens with zero attached hydrogens (tertiary/aromatic N) is 1. The van der Waals surface area contributed by atoms with E-state index in [1.165, 1.54) is 21.4 Å². The maximum absolute atomic E-state index is 12.4. The van der Waals surface area contributed by atoms with E-state index >= 15 is 0 Å². The van der Waals surface area contributed by atoms with Gasteiger partial charge in [-0.15, -0.1) is 0 Å². The normalized spacial score (nSPS) is 18.5. The molecule has 1 saturated heterocycles. The van der Waals surface area contributed by atoms with Gasteiger partial charge in [0, 0.05) is 31.3 Å². The van der Waals surface area contributed by atoms with Crippen LogP contribution in [0.5, 0.6) is 0 Å². The average Bonchev–Trinajstić information content (AvgIpc) is 3.27. The molecule has 0 saturated carbocycles. The van der Waals surface area contributed by atoms with Crippen LogP contribution in [-0.4, -0.2) is 43.0 Å². The van der Waals surface area contributed by atoms with Gasteiger partial charge in [-0.1, -0.05) is 24.3 Å². The number of likely N-dealkylation sites (N-methyl/N-ethyl adjacent to an activating group) is 1. The molecule has 1 heterocycles. The Labute approximate surface area is 146 Å². The Bertz CT molecular complexity index is 830. The number of carbonyl (C=O) groups excluding carboxylic acids is 2. The van der Waals surface area contributed by atoms with Crippen molar-refractivity contribution in [1.29, 1.82) is 0 Å². The molecule has 5 nitrogen and oxygen atoms in total. The van der Waals surface area contributed by atoms with Crippen molar-refractivity contribution in [2.24, 2.45) is 0 Å². The summed E-state index contributed by atoms with van der Waals surface area (Å²) in [5.41, 5.74) is 3.32. The summed E-state index contributed by atoms with van der Waals surface area (Å²) in [5.74, 6) is -1.13. The fourth-order valence-electron chi connectivity index (χ4n) is 3.88. The fourth-order valence-corrected chi connectivity index (χ4v) is 3.88. The highest BCUT2D eigenvalue weighted by molar-refractivity contribution is 6.40. The summed E-state index contributed by atoms with van der Waals surface area (Å²) in [6.07, 6.45) is 4.06. The third-order valence-electron chi connectivity index (χ3n) is 5.17. The van der Waals surface area contributed by atoms with E-state index < -0.39 is 11.8 Å². The topological polar surface area (TPSA) is 58.6 Å². The molecule has 2 aromatic rings. The van der Waals surface area contributed by atoms with E-state index in [0.717, 1.165) is 37.7 Å².